The molecule has 1 aromatic heterocycles. The molecule has 184 valence electrons. The Morgan fingerprint density at radius 3 is 2.74 bits per heavy atom. The minimum Gasteiger partial charge on any atom is -0.453 e. The second-order valence-electron chi connectivity index (χ2n) is 9.03. The Balaban J connectivity index is 1.51. The maximum Gasteiger partial charge on any atom is 0.412 e. The molecule has 4 rings (SSSR count). The number of amides is 2. The van der Waals surface area contributed by atoms with Gasteiger partial charge in [-0.15, -0.1) is 0 Å². The Hall–Kier alpha value is -3.71. The van der Waals surface area contributed by atoms with Crippen LogP contribution in [-0.4, -0.2) is 53.1 Å². The predicted octanol–water partition coefficient (Wildman–Crippen LogP) is 3.58. The van der Waals surface area contributed by atoms with E-state index in [1.165, 1.54) is 35.5 Å². The highest BCUT2D eigenvalue weighted by Gasteiger charge is 2.46. The molecule has 2 aliphatic rings. The lowest BCUT2D eigenvalue weighted by Gasteiger charge is -2.43. The van der Waals surface area contributed by atoms with Gasteiger partial charge in [0.2, 0.25) is 0 Å². The van der Waals surface area contributed by atoms with E-state index in [2.05, 4.69) is 51.6 Å². The molecule has 1 aliphatic heterocycles. The Morgan fingerprint density at radius 1 is 1.37 bits per heavy atom. The number of nitriles is 1. The van der Waals surface area contributed by atoms with Crippen LogP contribution in [0.25, 0.3) is 5.57 Å². The van der Waals surface area contributed by atoms with Crippen molar-refractivity contribution in [2.75, 3.05) is 25.5 Å². The summed E-state index contributed by atoms with van der Waals surface area (Å²) in [6.45, 7) is 1.21. The average Bonchev–Trinajstić information content (AvgIpc) is 3.52. The van der Waals surface area contributed by atoms with Gasteiger partial charge in [0.1, 0.15) is 17.3 Å². The molecular weight excluding hydrogens is 451 g/mol. The van der Waals surface area contributed by atoms with E-state index >= 15 is 4.39 Å². The fourth-order valence-corrected chi connectivity index (χ4v) is 4.85. The molecule has 0 bridgehead atoms. The molecule has 0 radical (unpaired) electrons. The molecule has 0 saturated carbocycles. The number of piperidine rings is 1. The molecule has 2 amide bonds. The third kappa shape index (κ3) is 5.05. The fourth-order valence-electron chi connectivity index (χ4n) is 4.85. The molecule has 35 heavy (non-hydrogen) atoms. The van der Waals surface area contributed by atoms with Crippen LogP contribution < -0.4 is 11.1 Å². The van der Waals surface area contributed by atoms with Gasteiger partial charge in [-0.2, -0.15) is 10.4 Å². The number of allylic oxidation sites excluding steroid dienone is 2. The molecule has 1 saturated heterocycles. The van der Waals surface area contributed by atoms with Crippen LogP contribution in [0.15, 0.2) is 36.5 Å². The molecule has 2 aromatic rings. The summed E-state index contributed by atoms with van der Waals surface area (Å²) >= 11 is 0. The van der Waals surface area contributed by atoms with E-state index in [4.69, 9.17) is 5.73 Å². The van der Waals surface area contributed by atoms with Gasteiger partial charge in [0, 0.05) is 25.8 Å². The first-order chi connectivity index (χ1) is 16.9. The number of methoxy groups -OCH3 is 1. The number of anilines is 1. The van der Waals surface area contributed by atoms with Crippen LogP contribution in [0, 0.1) is 11.3 Å². The summed E-state index contributed by atoms with van der Waals surface area (Å²) in [5, 5.41) is 16.0. The Bertz CT molecular complexity index is 1170. The van der Waals surface area contributed by atoms with E-state index in [9.17, 15) is 14.9 Å². The van der Waals surface area contributed by atoms with Crippen LogP contribution in [0.3, 0.4) is 0 Å². The van der Waals surface area contributed by atoms with Crippen LogP contribution in [0.4, 0.5) is 15.0 Å². The van der Waals surface area contributed by atoms with Gasteiger partial charge in [0.15, 0.2) is 5.82 Å². The van der Waals surface area contributed by atoms with Crippen molar-refractivity contribution in [2.45, 2.75) is 50.4 Å². The number of hydrogen-bond acceptors (Lipinski definition) is 6. The monoisotopic (exact) mass is 480 g/mol. The summed E-state index contributed by atoms with van der Waals surface area (Å²) in [6.07, 6.45) is 4.89. The molecule has 1 aromatic carbocycles. The van der Waals surface area contributed by atoms with Crippen LogP contribution >= 0.6 is 0 Å². The highest BCUT2D eigenvalue weighted by Crippen LogP contribution is 2.37. The molecule has 2 atom stereocenters. The molecule has 2 unspecified atom stereocenters. The molecule has 3 N–H and O–H groups in total. The van der Waals surface area contributed by atoms with Crippen molar-refractivity contribution < 1.29 is 18.7 Å². The van der Waals surface area contributed by atoms with Gasteiger partial charge in [-0.1, -0.05) is 30.3 Å². The summed E-state index contributed by atoms with van der Waals surface area (Å²) in [6, 6.07) is 10.5. The number of aromatic nitrogens is 2. The summed E-state index contributed by atoms with van der Waals surface area (Å²) in [7, 11) is 1.17. The molecule has 1 aliphatic carbocycles. The van der Waals surface area contributed by atoms with E-state index < -0.39 is 23.7 Å². The van der Waals surface area contributed by atoms with Gasteiger partial charge in [0.25, 0.3) is 5.91 Å². The van der Waals surface area contributed by atoms with Gasteiger partial charge in [-0.3, -0.25) is 19.7 Å². The van der Waals surface area contributed by atoms with Crippen LogP contribution in [-0.2, 0) is 16.8 Å². The number of nitrogens with two attached hydrogens (primary N) is 1. The first kappa shape index (κ1) is 24.4. The molecule has 1 fully saturated rings. The van der Waals surface area contributed by atoms with Crippen LogP contribution in [0.1, 0.15) is 53.6 Å². The second-order valence-corrected chi connectivity index (χ2v) is 9.03. The predicted molar refractivity (Wildman–Crippen MR) is 128 cm³/mol. The number of alkyl halides is 1. The number of nitrogens with zero attached hydrogens (tertiary/aromatic N) is 4. The maximum atomic E-state index is 15.8. The highest BCUT2D eigenvalue weighted by molar-refractivity contribution is 6.00. The standard InChI is InChI=1S/C25H29FN6O3/c1-35-24(34)29-23-20(22(28)33)15-32(30-23)25(10-12-27)11-13-31(16-21(25)26)14-17-6-8-19(9-7-17)18-4-2-3-5-18/h4,6-9,15,21H,2-3,5,10-11,13-14,16H2,1H3,(H2,28,33)(H,29,30,34). The van der Waals surface area contributed by atoms with Gasteiger partial charge in [-0.25, -0.2) is 9.18 Å². The zero-order valence-electron chi connectivity index (χ0n) is 19.7. The van der Waals surface area contributed by atoms with E-state index in [-0.39, 0.29) is 24.3 Å². The van der Waals surface area contributed by atoms with E-state index in [1.807, 2.05) is 4.90 Å². The van der Waals surface area contributed by atoms with Gasteiger partial charge >= 0.3 is 6.09 Å². The molecule has 0 spiro atoms. The SMILES string of the molecule is COC(=O)Nc1nn(C2(CC#N)CCN(Cc3ccc(C4=CCCC4)cc3)CC2F)cc1C(N)=O. The van der Waals surface area contributed by atoms with Crippen molar-refractivity contribution in [1.29, 1.82) is 5.26 Å². The number of rotatable bonds is 7. The summed E-state index contributed by atoms with van der Waals surface area (Å²) in [5.41, 5.74) is 7.77. The zero-order valence-corrected chi connectivity index (χ0v) is 19.7. The van der Waals surface area contributed by atoms with Gasteiger partial charge < -0.3 is 10.5 Å². The Labute approximate surface area is 203 Å². The van der Waals surface area contributed by atoms with Crippen molar-refractivity contribution in [3.63, 3.8) is 0 Å². The lowest BCUT2D eigenvalue weighted by molar-refractivity contribution is 0.00694. The molecule has 10 heteroatoms. The minimum absolute atomic E-state index is 0.0835. The summed E-state index contributed by atoms with van der Waals surface area (Å²) in [4.78, 5) is 25.6. The third-order valence-corrected chi connectivity index (χ3v) is 6.86. The van der Waals surface area contributed by atoms with Gasteiger partial charge in [-0.05, 0) is 42.4 Å². The molecule has 9 nitrogen and oxygen atoms in total. The number of likely N-dealkylation sites (tertiary alicyclic amines) is 1. The third-order valence-electron chi connectivity index (χ3n) is 6.86. The quantitative estimate of drug-likeness (QED) is 0.624. The second kappa shape index (κ2) is 10.3. The molecular formula is C25H29FN6O3. The van der Waals surface area contributed by atoms with Gasteiger partial charge in [0.05, 0.1) is 19.6 Å². The Morgan fingerprint density at radius 2 is 2.14 bits per heavy atom. The number of carbonyl (C=O) groups excluding carboxylic acids is 2. The van der Waals surface area contributed by atoms with Crippen LogP contribution in [0.5, 0.6) is 0 Å². The van der Waals surface area contributed by atoms with Crippen molar-refractivity contribution >= 4 is 23.4 Å². The number of nitrogens with one attached hydrogen (secondary N) is 1. The molecule has 2 heterocycles. The fraction of sp³-hybridized carbons (Fsp3) is 0.440. The highest BCUT2D eigenvalue weighted by atomic mass is 19.1. The average molecular weight is 481 g/mol. The topological polar surface area (TPSA) is 126 Å². The number of benzene rings is 1. The van der Waals surface area contributed by atoms with Crippen molar-refractivity contribution in [3.8, 4) is 6.07 Å². The smallest absolute Gasteiger partial charge is 0.412 e. The number of carbonyl (C=O) groups is 2. The Kier molecular flexibility index (Phi) is 7.17. The number of halogens is 1. The lowest BCUT2D eigenvalue weighted by Crippen LogP contribution is -2.54. The van der Waals surface area contributed by atoms with Crippen molar-refractivity contribution in [1.82, 2.24) is 14.7 Å². The number of primary amides is 1. The summed E-state index contributed by atoms with van der Waals surface area (Å²) in [5.74, 6) is -0.965. The number of hydrogen-bond donors (Lipinski definition) is 2. The van der Waals surface area contributed by atoms with E-state index in [0.29, 0.717) is 19.5 Å². The van der Waals surface area contributed by atoms with E-state index in [1.54, 1.807) is 0 Å². The first-order valence-electron chi connectivity index (χ1n) is 11.6. The van der Waals surface area contributed by atoms with Crippen LogP contribution in [0.2, 0.25) is 0 Å². The number of ether oxygens (including phenoxy) is 1. The summed E-state index contributed by atoms with van der Waals surface area (Å²) < 4.78 is 21.6. The van der Waals surface area contributed by atoms with E-state index in [0.717, 1.165) is 18.4 Å². The maximum absolute atomic E-state index is 15.8. The van der Waals surface area contributed by atoms with Crippen molar-refractivity contribution in [3.05, 3.63) is 53.2 Å². The minimum atomic E-state index is -1.44. The first-order valence-corrected chi connectivity index (χ1v) is 11.6. The largest absolute Gasteiger partial charge is 0.453 e. The lowest BCUT2D eigenvalue weighted by atomic mass is 9.83. The zero-order chi connectivity index (χ0) is 25.0. The normalized spacial score (nSPS) is 22.3. The van der Waals surface area contributed by atoms with Crippen molar-refractivity contribution in [2.24, 2.45) is 5.73 Å².